The zero-order valence-electron chi connectivity index (χ0n) is 8.74. The molecule has 0 fully saturated rings. The van der Waals surface area contributed by atoms with E-state index >= 15 is 0 Å². The number of halogens is 1. The van der Waals surface area contributed by atoms with Crippen molar-refractivity contribution in [2.45, 2.75) is 13.8 Å². The highest BCUT2D eigenvalue weighted by Crippen LogP contribution is 2.24. The van der Waals surface area contributed by atoms with Crippen LogP contribution in [-0.2, 0) is 0 Å². The number of anilines is 1. The molecule has 4 heteroatoms. The van der Waals surface area contributed by atoms with Crippen LogP contribution in [0.15, 0.2) is 24.4 Å². The minimum absolute atomic E-state index is 0. The van der Waals surface area contributed by atoms with Gasteiger partial charge in [-0.25, -0.2) is 0 Å². The maximum Gasteiger partial charge on any atom is 0.0754 e. The van der Waals surface area contributed by atoms with E-state index in [0.29, 0.717) is 0 Å². The van der Waals surface area contributed by atoms with Gasteiger partial charge in [0.1, 0.15) is 0 Å². The second kappa shape index (κ2) is 4.47. The fourth-order valence-corrected chi connectivity index (χ4v) is 1.59. The van der Waals surface area contributed by atoms with Crippen LogP contribution in [0.5, 0.6) is 0 Å². The summed E-state index contributed by atoms with van der Waals surface area (Å²) in [5, 5.41) is 1.07. The number of benzene rings is 1. The van der Waals surface area contributed by atoms with Crippen molar-refractivity contribution in [2.24, 2.45) is 5.84 Å². The lowest BCUT2D eigenvalue weighted by molar-refractivity contribution is 1.29. The zero-order valence-corrected chi connectivity index (χ0v) is 9.56. The molecule has 0 aliphatic rings. The summed E-state index contributed by atoms with van der Waals surface area (Å²) in [5.41, 5.74) is 7.06. The number of nitrogens with zero attached hydrogens (tertiary/aromatic N) is 1. The van der Waals surface area contributed by atoms with E-state index in [1.54, 1.807) is 6.20 Å². The van der Waals surface area contributed by atoms with Gasteiger partial charge in [0.15, 0.2) is 0 Å². The number of rotatable bonds is 1. The summed E-state index contributed by atoms with van der Waals surface area (Å²) in [6, 6.07) is 6.00. The van der Waals surface area contributed by atoms with Crippen molar-refractivity contribution in [3.05, 3.63) is 35.5 Å². The molecule has 1 aromatic carbocycles. The molecule has 1 aromatic heterocycles. The van der Waals surface area contributed by atoms with E-state index in [0.717, 1.165) is 16.6 Å². The third-order valence-electron chi connectivity index (χ3n) is 2.59. The first kappa shape index (κ1) is 11.8. The normalized spacial score (nSPS) is 9.80. The van der Waals surface area contributed by atoms with Crippen LogP contribution in [0.3, 0.4) is 0 Å². The third-order valence-corrected chi connectivity index (χ3v) is 2.59. The van der Waals surface area contributed by atoms with Crippen LogP contribution >= 0.6 is 12.4 Å². The Balaban J connectivity index is 0.00000112. The first-order valence-corrected chi connectivity index (χ1v) is 4.55. The molecule has 15 heavy (non-hydrogen) atoms. The molecule has 3 N–H and O–H groups in total. The first-order valence-electron chi connectivity index (χ1n) is 4.55. The topological polar surface area (TPSA) is 50.9 Å². The molecule has 0 saturated heterocycles. The summed E-state index contributed by atoms with van der Waals surface area (Å²) >= 11 is 0. The number of hydrazine groups is 1. The van der Waals surface area contributed by atoms with Crippen molar-refractivity contribution in [3.8, 4) is 0 Å². The highest BCUT2D eigenvalue weighted by atomic mass is 35.5. The summed E-state index contributed by atoms with van der Waals surface area (Å²) in [6.07, 6.45) is 1.77. The van der Waals surface area contributed by atoms with Crippen LogP contribution in [0.4, 0.5) is 5.69 Å². The van der Waals surface area contributed by atoms with Gasteiger partial charge in [-0.05, 0) is 31.0 Å². The van der Waals surface area contributed by atoms with Crippen LogP contribution in [0, 0.1) is 13.8 Å². The zero-order chi connectivity index (χ0) is 10.1. The molecule has 3 nitrogen and oxygen atoms in total. The Kier molecular flexibility index (Phi) is 3.50. The van der Waals surface area contributed by atoms with Gasteiger partial charge in [0, 0.05) is 11.6 Å². The molecule has 0 saturated carbocycles. The molecular formula is C11H14ClN3. The first-order chi connectivity index (χ1) is 6.74. The van der Waals surface area contributed by atoms with Gasteiger partial charge >= 0.3 is 0 Å². The Bertz CT molecular complexity index is 482. The molecular weight excluding hydrogens is 210 g/mol. The molecule has 0 atom stereocenters. The fraction of sp³-hybridized carbons (Fsp3) is 0.182. The largest absolute Gasteiger partial charge is 0.323 e. The number of aryl methyl sites for hydroxylation is 2. The van der Waals surface area contributed by atoms with E-state index in [1.165, 1.54) is 11.1 Å². The van der Waals surface area contributed by atoms with Crippen molar-refractivity contribution in [1.29, 1.82) is 0 Å². The molecule has 0 aliphatic carbocycles. The third kappa shape index (κ3) is 1.89. The van der Waals surface area contributed by atoms with Crippen molar-refractivity contribution in [2.75, 3.05) is 5.43 Å². The van der Waals surface area contributed by atoms with Crippen LogP contribution in [0.1, 0.15) is 11.1 Å². The maximum atomic E-state index is 5.43. The van der Waals surface area contributed by atoms with E-state index in [4.69, 9.17) is 5.84 Å². The van der Waals surface area contributed by atoms with Gasteiger partial charge in [-0.3, -0.25) is 10.8 Å². The van der Waals surface area contributed by atoms with Gasteiger partial charge < -0.3 is 5.43 Å². The van der Waals surface area contributed by atoms with Crippen molar-refractivity contribution >= 4 is 29.0 Å². The number of nitrogen functional groups attached to an aromatic ring is 1. The van der Waals surface area contributed by atoms with Gasteiger partial charge in [-0.2, -0.15) is 0 Å². The van der Waals surface area contributed by atoms with Crippen molar-refractivity contribution < 1.29 is 0 Å². The smallest absolute Gasteiger partial charge is 0.0754 e. The number of pyridine rings is 1. The van der Waals surface area contributed by atoms with Gasteiger partial charge in [-0.1, -0.05) is 12.1 Å². The summed E-state index contributed by atoms with van der Waals surface area (Å²) in [4.78, 5) is 4.35. The lowest BCUT2D eigenvalue weighted by Crippen LogP contribution is -2.07. The molecule has 80 valence electrons. The molecule has 0 aliphatic heterocycles. The predicted molar refractivity (Wildman–Crippen MR) is 66.3 cm³/mol. The van der Waals surface area contributed by atoms with E-state index in [1.807, 2.05) is 12.1 Å². The van der Waals surface area contributed by atoms with Gasteiger partial charge in [0.25, 0.3) is 0 Å². The van der Waals surface area contributed by atoms with Crippen LogP contribution in [-0.4, -0.2) is 4.98 Å². The number of hydrogen-bond donors (Lipinski definition) is 2. The SMILES string of the molecule is Cc1ccc2c(NN)ccnc2c1C.Cl. The number of nitrogens with two attached hydrogens (primary N) is 1. The highest BCUT2D eigenvalue weighted by molar-refractivity contribution is 5.93. The second-order valence-corrected chi connectivity index (χ2v) is 3.41. The van der Waals surface area contributed by atoms with E-state index in [9.17, 15) is 0 Å². The molecule has 2 rings (SSSR count). The van der Waals surface area contributed by atoms with E-state index in [2.05, 4.69) is 30.3 Å². The second-order valence-electron chi connectivity index (χ2n) is 3.41. The number of fused-ring (bicyclic) bond motifs is 1. The molecule has 0 spiro atoms. The molecule has 0 radical (unpaired) electrons. The maximum absolute atomic E-state index is 5.43. The summed E-state index contributed by atoms with van der Waals surface area (Å²) in [6.45, 7) is 4.16. The molecule has 0 unspecified atom stereocenters. The minimum atomic E-state index is 0. The van der Waals surface area contributed by atoms with Crippen LogP contribution in [0.2, 0.25) is 0 Å². The monoisotopic (exact) mass is 223 g/mol. The Labute approximate surface area is 95.1 Å². The average molecular weight is 224 g/mol. The Morgan fingerprint density at radius 2 is 1.93 bits per heavy atom. The summed E-state index contributed by atoms with van der Waals surface area (Å²) in [5.74, 6) is 5.43. The van der Waals surface area contributed by atoms with E-state index < -0.39 is 0 Å². The van der Waals surface area contributed by atoms with Crippen LogP contribution < -0.4 is 11.3 Å². The van der Waals surface area contributed by atoms with E-state index in [-0.39, 0.29) is 12.4 Å². The van der Waals surface area contributed by atoms with Gasteiger partial charge in [0.2, 0.25) is 0 Å². The van der Waals surface area contributed by atoms with Crippen molar-refractivity contribution in [3.63, 3.8) is 0 Å². The lowest BCUT2D eigenvalue weighted by Gasteiger charge is -2.08. The Hall–Kier alpha value is -1.32. The molecule has 2 aromatic rings. The number of hydrogen-bond acceptors (Lipinski definition) is 3. The minimum Gasteiger partial charge on any atom is -0.323 e. The summed E-state index contributed by atoms with van der Waals surface area (Å²) < 4.78 is 0. The summed E-state index contributed by atoms with van der Waals surface area (Å²) in [7, 11) is 0. The number of aromatic nitrogens is 1. The van der Waals surface area contributed by atoms with Gasteiger partial charge in [-0.15, -0.1) is 12.4 Å². The highest BCUT2D eigenvalue weighted by Gasteiger charge is 2.04. The quantitative estimate of drug-likeness (QED) is 0.577. The van der Waals surface area contributed by atoms with Crippen molar-refractivity contribution in [1.82, 2.24) is 4.98 Å². The Morgan fingerprint density at radius 3 is 2.60 bits per heavy atom. The lowest BCUT2D eigenvalue weighted by atomic mass is 10.0. The number of nitrogens with one attached hydrogen (secondary N) is 1. The Morgan fingerprint density at radius 1 is 1.20 bits per heavy atom. The fourth-order valence-electron chi connectivity index (χ4n) is 1.59. The average Bonchev–Trinajstić information content (AvgIpc) is 2.23. The standard InChI is InChI=1S/C11H13N3.ClH/c1-7-3-4-9-10(14-12)5-6-13-11(9)8(7)2;/h3-6H,12H2,1-2H3,(H,13,14);1H. The molecule has 0 bridgehead atoms. The molecule has 0 amide bonds. The van der Waals surface area contributed by atoms with Crippen LogP contribution in [0.25, 0.3) is 10.9 Å². The van der Waals surface area contributed by atoms with Gasteiger partial charge in [0.05, 0.1) is 11.2 Å². The predicted octanol–water partition coefficient (Wildman–Crippen LogP) is 2.56. The molecule has 1 heterocycles.